The van der Waals surface area contributed by atoms with Crippen LogP contribution in [0.1, 0.15) is 342 Å². The number of esters is 3. The first-order valence-electron chi connectivity index (χ1n) is 38.9. The lowest BCUT2D eigenvalue weighted by molar-refractivity contribution is -0.161. The van der Waals surface area contributed by atoms with Gasteiger partial charge in [-0.1, -0.05) is 292 Å². The molecule has 0 aliphatic heterocycles. The number of hydrogen-bond acceptors (Lipinski definition) is 14. The van der Waals surface area contributed by atoms with Crippen LogP contribution >= 0.6 is 15.6 Å². The molecule has 5 unspecified atom stereocenters. The average Bonchev–Trinajstić information content (AvgIpc) is 1.49. The molecule has 0 bridgehead atoms. The summed E-state index contributed by atoms with van der Waals surface area (Å²) >= 11 is 0. The van der Waals surface area contributed by atoms with E-state index in [9.17, 15) is 43.5 Å². The van der Waals surface area contributed by atoms with Gasteiger partial charge in [-0.25, -0.2) is 9.13 Å². The number of phosphoric ester groups is 2. The number of rotatable bonds is 74. The number of aliphatic hydroxyl groups is 2. The zero-order valence-electron chi connectivity index (χ0n) is 61.5. The van der Waals surface area contributed by atoms with Crippen molar-refractivity contribution in [1.82, 2.24) is 0 Å². The number of carbonyl (C=O) groups is 3. The number of aliphatic hydroxyl groups excluding tert-OH is 2. The molecule has 0 rings (SSSR count). The molecule has 0 saturated carbocycles. The lowest BCUT2D eigenvalue weighted by Crippen LogP contribution is -2.30. The summed E-state index contributed by atoms with van der Waals surface area (Å²) in [5.74, 6) is -1.58. The molecule has 0 saturated heterocycles. The van der Waals surface area contributed by atoms with Gasteiger partial charge in [0, 0.05) is 19.3 Å². The predicted molar refractivity (Wildman–Crippen MR) is 399 cm³/mol. The first-order chi connectivity index (χ1) is 47.2. The van der Waals surface area contributed by atoms with Crippen molar-refractivity contribution in [2.45, 2.75) is 360 Å². The molecule has 0 amide bonds. The molecule has 0 spiro atoms. The lowest BCUT2D eigenvalue weighted by atomic mass is 10.0. The maximum absolute atomic E-state index is 12.9. The van der Waals surface area contributed by atoms with Crippen LogP contribution in [0.4, 0.5) is 0 Å². The Bertz CT molecular complexity index is 2110. The number of carbonyl (C=O) groups excluding carboxylic acids is 3. The normalized spacial score (nSPS) is 14.5. The van der Waals surface area contributed by atoms with Crippen molar-refractivity contribution in [1.29, 1.82) is 0 Å². The Morgan fingerprint density at radius 3 is 0.887 bits per heavy atom. The van der Waals surface area contributed by atoms with Crippen LogP contribution in [0.25, 0.3) is 0 Å². The molecule has 0 aliphatic rings. The fourth-order valence-electron chi connectivity index (χ4n) is 10.6. The van der Waals surface area contributed by atoms with Gasteiger partial charge in [0.15, 0.2) is 6.10 Å². The lowest BCUT2D eigenvalue weighted by Gasteiger charge is -2.21. The van der Waals surface area contributed by atoms with E-state index >= 15 is 0 Å². The zero-order valence-corrected chi connectivity index (χ0v) is 63.3. The first kappa shape index (κ1) is 93.7. The highest BCUT2D eigenvalue weighted by molar-refractivity contribution is 7.47. The molecule has 0 heterocycles. The van der Waals surface area contributed by atoms with E-state index in [1.54, 1.807) is 0 Å². The summed E-state index contributed by atoms with van der Waals surface area (Å²) in [6.07, 6.45) is 80.9. The van der Waals surface area contributed by atoms with Gasteiger partial charge < -0.3 is 34.2 Å². The van der Waals surface area contributed by atoms with Crippen molar-refractivity contribution in [3.05, 3.63) is 85.1 Å². The highest BCUT2D eigenvalue weighted by atomic mass is 31.2. The molecule has 18 heteroatoms. The van der Waals surface area contributed by atoms with Gasteiger partial charge in [0.05, 0.1) is 26.4 Å². The third kappa shape index (κ3) is 73.8. The van der Waals surface area contributed by atoms with E-state index in [1.165, 1.54) is 154 Å². The van der Waals surface area contributed by atoms with E-state index in [2.05, 4.69) is 106 Å². The Hall–Kier alpha value is -3.27. The van der Waals surface area contributed by atoms with Gasteiger partial charge in [-0.05, 0) is 116 Å². The molecule has 97 heavy (non-hydrogen) atoms. The van der Waals surface area contributed by atoms with Crippen LogP contribution in [0.2, 0.25) is 0 Å². The third-order valence-corrected chi connectivity index (χ3v) is 18.5. The molecule has 0 radical (unpaired) electrons. The molecule has 0 aliphatic carbocycles. The van der Waals surface area contributed by atoms with Crippen molar-refractivity contribution >= 4 is 33.6 Å². The van der Waals surface area contributed by atoms with Gasteiger partial charge in [0.1, 0.15) is 25.4 Å². The summed E-state index contributed by atoms with van der Waals surface area (Å²) in [4.78, 5) is 58.5. The van der Waals surface area contributed by atoms with Crippen molar-refractivity contribution in [3.8, 4) is 0 Å². The largest absolute Gasteiger partial charge is 0.472 e. The highest BCUT2D eigenvalue weighted by Crippen LogP contribution is 2.45. The van der Waals surface area contributed by atoms with Crippen LogP contribution in [0.15, 0.2) is 85.1 Å². The number of phosphoric acid groups is 2. The Morgan fingerprint density at radius 1 is 0.299 bits per heavy atom. The van der Waals surface area contributed by atoms with Crippen molar-refractivity contribution in [2.24, 2.45) is 0 Å². The van der Waals surface area contributed by atoms with Crippen LogP contribution in [-0.4, -0.2) is 95.9 Å². The van der Waals surface area contributed by atoms with Crippen LogP contribution < -0.4 is 0 Å². The fourth-order valence-corrected chi connectivity index (χ4v) is 12.2. The Morgan fingerprint density at radius 2 is 0.546 bits per heavy atom. The quantitative estimate of drug-likeness (QED) is 0.0146. The van der Waals surface area contributed by atoms with E-state index < -0.39 is 91.5 Å². The van der Waals surface area contributed by atoms with Crippen LogP contribution in [0.5, 0.6) is 0 Å². The van der Waals surface area contributed by atoms with Crippen molar-refractivity contribution in [3.63, 3.8) is 0 Å². The second-order valence-corrected chi connectivity index (χ2v) is 29.0. The molecule has 0 aromatic rings. The van der Waals surface area contributed by atoms with E-state index in [0.717, 1.165) is 128 Å². The maximum Gasteiger partial charge on any atom is 0.472 e. The topological polar surface area (TPSA) is 231 Å². The number of unbranched alkanes of at least 4 members (excludes halogenated alkanes) is 37. The van der Waals surface area contributed by atoms with Gasteiger partial charge in [-0.3, -0.25) is 32.5 Å². The second kappa shape index (κ2) is 72.5. The SMILES string of the molecule is CC/C=C\C/C=C\C/C=C\C/C=C\C/C=C\CCCCCCCCCCCCCCCCCCCC(=O)OCC(O)COP(=O)(O)OCC(O)COP(=O)(O)OCC(COC(=O)CCCCCCC/C=C\CCCCCCCC)OC(=O)CCCCCCC/C=C\CCCCCC. The Labute approximate surface area is 591 Å². The van der Waals surface area contributed by atoms with Gasteiger partial charge in [0.2, 0.25) is 0 Å². The summed E-state index contributed by atoms with van der Waals surface area (Å²) in [6.45, 7) is 2.56. The van der Waals surface area contributed by atoms with Gasteiger partial charge in [-0.2, -0.15) is 0 Å². The molecule has 5 atom stereocenters. The molecule has 4 N–H and O–H groups in total. The third-order valence-electron chi connectivity index (χ3n) is 16.6. The molecular weight excluding hydrogens is 1270 g/mol. The Balaban J connectivity index is 4.35. The number of allylic oxidation sites excluding steroid dienone is 14. The standard InChI is InChI=1S/C79H142O16P2/c1-4-7-10-13-16-19-22-25-27-28-29-30-31-32-33-34-35-36-37-38-39-40-41-42-43-44-46-49-50-53-56-59-62-65-77(82)89-68-74(80)69-91-96(85,86)92-70-75(81)71-93-97(87,88)94-73-76(95-79(84)67-64-61-58-55-52-47-24-21-18-15-12-9-6-3)72-90-78(83)66-63-60-57-54-51-48-45-26-23-20-17-14-11-8-5-2/h7,10,16,19,21,24-27,29-30,32-33,45,74-76,80-81H,4-6,8-9,11-15,17-18,20,22-23,28,31,34-44,46-73H2,1-3H3,(H,85,86)(H,87,88)/b10-7-,19-16-,24-21-,27-25-,30-29-,33-32-,45-26-. The van der Waals surface area contributed by atoms with E-state index in [1.807, 2.05) is 0 Å². The summed E-state index contributed by atoms with van der Waals surface area (Å²) in [5, 5.41) is 20.6. The van der Waals surface area contributed by atoms with Gasteiger partial charge >= 0.3 is 33.6 Å². The van der Waals surface area contributed by atoms with Crippen LogP contribution in [0.3, 0.4) is 0 Å². The smallest absolute Gasteiger partial charge is 0.463 e. The highest BCUT2D eigenvalue weighted by Gasteiger charge is 2.29. The van der Waals surface area contributed by atoms with Crippen molar-refractivity contribution in [2.75, 3.05) is 39.6 Å². The van der Waals surface area contributed by atoms with Crippen molar-refractivity contribution < 1.29 is 75.8 Å². The van der Waals surface area contributed by atoms with E-state index in [-0.39, 0.29) is 19.3 Å². The number of ether oxygens (including phenoxy) is 3. The molecule has 564 valence electrons. The minimum Gasteiger partial charge on any atom is -0.463 e. The van der Waals surface area contributed by atoms with E-state index in [4.69, 9.17) is 32.3 Å². The molecule has 16 nitrogen and oxygen atoms in total. The van der Waals surface area contributed by atoms with Crippen LogP contribution in [-0.2, 0) is 55.8 Å². The monoisotopic (exact) mass is 1410 g/mol. The predicted octanol–water partition coefficient (Wildman–Crippen LogP) is 22.4. The van der Waals surface area contributed by atoms with Gasteiger partial charge in [0.25, 0.3) is 0 Å². The summed E-state index contributed by atoms with van der Waals surface area (Å²) < 4.78 is 61.0. The summed E-state index contributed by atoms with van der Waals surface area (Å²) in [6, 6.07) is 0. The molecule has 0 aromatic heterocycles. The van der Waals surface area contributed by atoms with Crippen LogP contribution in [0, 0.1) is 0 Å². The fraction of sp³-hybridized carbons (Fsp3) is 0.785. The molecule has 0 aromatic carbocycles. The summed E-state index contributed by atoms with van der Waals surface area (Å²) in [7, 11) is -9.77. The maximum atomic E-state index is 12.9. The first-order valence-corrected chi connectivity index (χ1v) is 41.9. The second-order valence-electron chi connectivity index (χ2n) is 26.1. The minimum absolute atomic E-state index is 0.0959. The molecule has 0 fully saturated rings. The average molecular weight is 1410 g/mol. The minimum atomic E-state index is -4.92. The van der Waals surface area contributed by atoms with E-state index in [0.29, 0.717) is 19.3 Å². The summed E-state index contributed by atoms with van der Waals surface area (Å²) in [5.41, 5.74) is 0. The zero-order chi connectivity index (χ0) is 70.9. The van der Waals surface area contributed by atoms with Gasteiger partial charge in [-0.15, -0.1) is 0 Å². The number of hydrogen-bond donors (Lipinski definition) is 4. The Kier molecular flexibility index (Phi) is 70.1. The molecular formula is C79H142O16P2.